The molecule has 26 heavy (non-hydrogen) atoms. The molecule has 4 nitrogen and oxygen atoms in total. The highest BCUT2D eigenvalue weighted by Gasteiger charge is 2.16. The van der Waals surface area contributed by atoms with Crippen LogP contribution in [0, 0.1) is 0 Å². The fourth-order valence-electron chi connectivity index (χ4n) is 2.95. The van der Waals surface area contributed by atoms with Gasteiger partial charge in [-0.05, 0) is 38.5 Å². The van der Waals surface area contributed by atoms with Crippen molar-refractivity contribution in [2.45, 2.75) is 116 Å². The standard InChI is InChI=1S/C22H40O4/c1-3-5-6-7-8-9-10-11-12-13-14-15-16-18-22(25)26-20(17-4-2)19-21(23)24/h9-10,20H,3-8,11-19H2,1-2H3,(H,23,24)/b10-9-. The van der Waals surface area contributed by atoms with E-state index in [4.69, 9.17) is 9.84 Å². The third kappa shape index (κ3) is 17.5. The second kappa shape index (κ2) is 18.5. The number of esters is 1. The molecule has 0 aromatic heterocycles. The molecule has 4 heteroatoms. The highest BCUT2D eigenvalue weighted by Crippen LogP contribution is 2.12. The molecule has 0 aromatic carbocycles. The summed E-state index contributed by atoms with van der Waals surface area (Å²) in [6.07, 6.45) is 19.0. The van der Waals surface area contributed by atoms with Gasteiger partial charge in [-0.3, -0.25) is 9.59 Å². The van der Waals surface area contributed by atoms with E-state index in [1.807, 2.05) is 6.92 Å². The van der Waals surface area contributed by atoms with Crippen LogP contribution in [-0.4, -0.2) is 23.1 Å². The van der Waals surface area contributed by atoms with Crippen LogP contribution in [0.5, 0.6) is 0 Å². The molecule has 1 unspecified atom stereocenters. The van der Waals surface area contributed by atoms with E-state index < -0.39 is 12.1 Å². The van der Waals surface area contributed by atoms with Gasteiger partial charge in [-0.2, -0.15) is 0 Å². The van der Waals surface area contributed by atoms with Gasteiger partial charge in [0, 0.05) is 6.42 Å². The molecule has 0 aliphatic carbocycles. The molecule has 0 amide bonds. The summed E-state index contributed by atoms with van der Waals surface area (Å²) < 4.78 is 5.28. The average Bonchev–Trinajstić information content (AvgIpc) is 2.58. The lowest BCUT2D eigenvalue weighted by molar-refractivity contribution is -0.153. The summed E-state index contributed by atoms with van der Waals surface area (Å²) in [5.41, 5.74) is 0. The fraction of sp³-hybridized carbons (Fsp3) is 0.818. The smallest absolute Gasteiger partial charge is 0.307 e. The molecule has 0 fully saturated rings. The first-order chi connectivity index (χ1) is 12.6. The molecule has 1 atom stereocenters. The summed E-state index contributed by atoms with van der Waals surface area (Å²) in [6, 6.07) is 0. The maximum absolute atomic E-state index is 11.8. The molecular weight excluding hydrogens is 328 g/mol. The summed E-state index contributed by atoms with van der Waals surface area (Å²) >= 11 is 0. The van der Waals surface area contributed by atoms with Crippen LogP contribution in [0.3, 0.4) is 0 Å². The number of hydrogen-bond acceptors (Lipinski definition) is 3. The van der Waals surface area contributed by atoms with Gasteiger partial charge in [-0.25, -0.2) is 0 Å². The summed E-state index contributed by atoms with van der Waals surface area (Å²) in [5, 5.41) is 8.83. The minimum atomic E-state index is -0.911. The van der Waals surface area contributed by atoms with E-state index in [0.717, 1.165) is 32.1 Å². The summed E-state index contributed by atoms with van der Waals surface area (Å²) in [7, 11) is 0. The number of carboxylic acids is 1. The zero-order chi connectivity index (χ0) is 19.5. The average molecular weight is 369 g/mol. The van der Waals surface area contributed by atoms with Crippen LogP contribution in [0.25, 0.3) is 0 Å². The second-order valence-electron chi connectivity index (χ2n) is 7.13. The van der Waals surface area contributed by atoms with Gasteiger partial charge in [-0.1, -0.05) is 70.9 Å². The Morgan fingerprint density at radius 2 is 1.42 bits per heavy atom. The summed E-state index contributed by atoms with van der Waals surface area (Å²) in [5.74, 6) is -1.16. The Kier molecular flexibility index (Phi) is 17.5. The molecule has 0 rings (SSSR count). The lowest BCUT2D eigenvalue weighted by Crippen LogP contribution is -2.21. The van der Waals surface area contributed by atoms with Crippen molar-refractivity contribution in [2.24, 2.45) is 0 Å². The molecule has 0 spiro atoms. The number of ether oxygens (including phenoxy) is 1. The molecule has 0 saturated heterocycles. The number of allylic oxidation sites excluding steroid dienone is 2. The molecule has 0 aromatic rings. The Morgan fingerprint density at radius 1 is 0.846 bits per heavy atom. The maximum atomic E-state index is 11.8. The van der Waals surface area contributed by atoms with Crippen LogP contribution in [-0.2, 0) is 14.3 Å². The van der Waals surface area contributed by atoms with Crippen LogP contribution in [0.15, 0.2) is 12.2 Å². The zero-order valence-corrected chi connectivity index (χ0v) is 17.0. The molecule has 0 aliphatic heterocycles. The van der Waals surface area contributed by atoms with E-state index in [2.05, 4.69) is 19.1 Å². The summed E-state index contributed by atoms with van der Waals surface area (Å²) in [6.45, 7) is 4.20. The SMILES string of the molecule is CCCCCC/C=C\CCCCCCCC(=O)OC(CCC)CC(=O)O. The van der Waals surface area contributed by atoms with E-state index in [1.165, 1.54) is 44.9 Å². The number of aliphatic carboxylic acids is 1. The third-order valence-corrected chi connectivity index (χ3v) is 4.45. The van der Waals surface area contributed by atoms with Gasteiger partial charge in [0.15, 0.2) is 0 Å². The molecule has 0 radical (unpaired) electrons. The van der Waals surface area contributed by atoms with Crippen LogP contribution < -0.4 is 0 Å². The van der Waals surface area contributed by atoms with Crippen molar-refractivity contribution in [3.05, 3.63) is 12.2 Å². The molecule has 0 bridgehead atoms. The highest BCUT2D eigenvalue weighted by atomic mass is 16.5. The number of carboxylic acid groups (broad SMARTS) is 1. The number of carbonyl (C=O) groups is 2. The van der Waals surface area contributed by atoms with Gasteiger partial charge in [0.05, 0.1) is 6.42 Å². The van der Waals surface area contributed by atoms with E-state index in [1.54, 1.807) is 0 Å². The first-order valence-electron chi connectivity index (χ1n) is 10.7. The van der Waals surface area contributed by atoms with E-state index in [-0.39, 0.29) is 12.4 Å². The Balaban J connectivity index is 3.52. The lowest BCUT2D eigenvalue weighted by atomic mass is 10.1. The van der Waals surface area contributed by atoms with Crippen molar-refractivity contribution in [3.8, 4) is 0 Å². The Morgan fingerprint density at radius 3 is 2.00 bits per heavy atom. The molecule has 152 valence electrons. The largest absolute Gasteiger partial charge is 0.481 e. The lowest BCUT2D eigenvalue weighted by Gasteiger charge is -2.15. The predicted octanol–water partition coefficient (Wildman–Crippen LogP) is 6.43. The van der Waals surface area contributed by atoms with Crippen LogP contribution >= 0.6 is 0 Å². The van der Waals surface area contributed by atoms with Gasteiger partial charge in [0.25, 0.3) is 0 Å². The van der Waals surface area contributed by atoms with Gasteiger partial charge in [0.2, 0.25) is 0 Å². The van der Waals surface area contributed by atoms with E-state index in [0.29, 0.717) is 12.8 Å². The normalized spacial score (nSPS) is 12.4. The van der Waals surface area contributed by atoms with Crippen LogP contribution in [0.4, 0.5) is 0 Å². The van der Waals surface area contributed by atoms with Gasteiger partial charge in [0.1, 0.15) is 6.10 Å². The first-order valence-corrected chi connectivity index (χ1v) is 10.7. The molecule has 0 aliphatic rings. The Hall–Kier alpha value is -1.32. The maximum Gasteiger partial charge on any atom is 0.307 e. The molecule has 1 N–H and O–H groups in total. The van der Waals surface area contributed by atoms with Crippen molar-refractivity contribution in [1.82, 2.24) is 0 Å². The predicted molar refractivity (Wildman–Crippen MR) is 107 cm³/mol. The van der Waals surface area contributed by atoms with Gasteiger partial charge < -0.3 is 9.84 Å². The van der Waals surface area contributed by atoms with Crippen LogP contribution in [0.2, 0.25) is 0 Å². The van der Waals surface area contributed by atoms with Crippen molar-refractivity contribution in [1.29, 1.82) is 0 Å². The van der Waals surface area contributed by atoms with Crippen molar-refractivity contribution >= 4 is 11.9 Å². The van der Waals surface area contributed by atoms with Gasteiger partial charge in [-0.15, -0.1) is 0 Å². The molecule has 0 saturated carbocycles. The first kappa shape index (κ1) is 24.7. The topological polar surface area (TPSA) is 63.6 Å². The third-order valence-electron chi connectivity index (χ3n) is 4.45. The van der Waals surface area contributed by atoms with Gasteiger partial charge >= 0.3 is 11.9 Å². The molecule has 0 heterocycles. The highest BCUT2D eigenvalue weighted by molar-refractivity contribution is 5.71. The van der Waals surface area contributed by atoms with Crippen molar-refractivity contribution in [2.75, 3.05) is 0 Å². The van der Waals surface area contributed by atoms with Crippen molar-refractivity contribution in [3.63, 3.8) is 0 Å². The minimum absolute atomic E-state index is 0.0916. The minimum Gasteiger partial charge on any atom is -0.481 e. The Labute approximate surface area is 160 Å². The number of carbonyl (C=O) groups excluding carboxylic acids is 1. The quantitative estimate of drug-likeness (QED) is 0.172. The zero-order valence-electron chi connectivity index (χ0n) is 17.0. The number of unbranched alkanes of at least 4 members (excludes halogenated alkanes) is 9. The summed E-state index contributed by atoms with van der Waals surface area (Å²) in [4.78, 5) is 22.5. The second-order valence-corrected chi connectivity index (χ2v) is 7.13. The Bertz CT molecular complexity index is 376. The number of rotatable bonds is 18. The van der Waals surface area contributed by atoms with E-state index >= 15 is 0 Å². The monoisotopic (exact) mass is 368 g/mol. The van der Waals surface area contributed by atoms with Crippen molar-refractivity contribution < 1.29 is 19.4 Å². The fourth-order valence-corrected chi connectivity index (χ4v) is 2.95. The molecular formula is C22H40O4. The van der Waals surface area contributed by atoms with Crippen LogP contribution in [0.1, 0.15) is 110 Å². The number of hydrogen-bond donors (Lipinski definition) is 1. The van der Waals surface area contributed by atoms with E-state index in [9.17, 15) is 9.59 Å².